The van der Waals surface area contributed by atoms with Crippen LogP contribution in [0.25, 0.3) is 66.1 Å². The third kappa shape index (κ3) is 10.2. The van der Waals surface area contributed by atoms with Crippen molar-refractivity contribution in [1.82, 2.24) is 9.13 Å². The van der Waals surface area contributed by atoms with Crippen molar-refractivity contribution in [3.63, 3.8) is 0 Å². The lowest BCUT2D eigenvalue weighted by molar-refractivity contribution is 0.465. The lowest BCUT2D eigenvalue weighted by Crippen LogP contribution is -2.75. The van der Waals surface area contributed by atoms with Crippen LogP contribution < -0.4 is 88.1 Å². The molecule has 0 unspecified atom stereocenters. The van der Waals surface area contributed by atoms with Gasteiger partial charge in [-0.3, -0.25) is 0 Å². The fourth-order valence-electron chi connectivity index (χ4n) is 19.2. The van der Waals surface area contributed by atoms with E-state index in [1.54, 1.807) is 0 Å². The molecular formula is C103H70BN3O2Si3. The van der Waals surface area contributed by atoms with Crippen LogP contribution in [-0.2, 0) is 0 Å². The summed E-state index contributed by atoms with van der Waals surface area (Å²) in [6.07, 6.45) is 0. The molecule has 0 bridgehead atoms. The Morgan fingerprint density at radius 3 is 0.804 bits per heavy atom. The Hall–Kier alpha value is -13.9. The zero-order valence-corrected chi connectivity index (χ0v) is 64.2. The predicted octanol–water partition coefficient (Wildman–Crippen LogP) is 14.3. The number of nitrogens with zero attached hydrogens (tertiary/aromatic N) is 3. The summed E-state index contributed by atoms with van der Waals surface area (Å²) >= 11 is 0. The monoisotopic (exact) mass is 1480 g/mol. The molecule has 2 aliphatic rings. The number of benzene rings is 17. The second-order valence-electron chi connectivity index (χ2n) is 29.5. The van der Waals surface area contributed by atoms with E-state index in [1.807, 2.05) is 0 Å². The summed E-state index contributed by atoms with van der Waals surface area (Å²) in [5.74, 6) is 3.01. The second kappa shape index (κ2) is 27.1. The molecule has 0 radical (unpaired) electrons. The normalized spacial score (nSPS) is 12.4. The Morgan fingerprint density at radius 2 is 0.491 bits per heavy atom. The molecule has 0 saturated carbocycles. The van der Waals surface area contributed by atoms with Gasteiger partial charge in [0.15, 0.2) is 24.2 Å². The van der Waals surface area contributed by atoms with Crippen LogP contribution in [0.2, 0.25) is 0 Å². The lowest BCUT2D eigenvalue weighted by Gasteiger charge is -2.38. The van der Waals surface area contributed by atoms with Gasteiger partial charge in [0.05, 0.1) is 33.4 Å². The summed E-state index contributed by atoms with van der Waals surface area (Å²) in [5, 5.41) is 32.0. The molecule has 524 valence electrons. The van der Waals surface area contributed by atoms with Crippen molar-refractivity contribution >= 4 is 153 Å². The number of hydrogen-bond acceptors (Lipinski definition) is 3. The molecule has 0 saturated heterocycles. The molecule has 19 aromatic rings. The highest BCUT2D eigenvalue weighted by atomic mass is 28.3. The highest BCUT2D eigenvalue weighted by molar-refractivity contribution is 7.21. The minimum Gasteiger partial charge on any atom is -0.458 e. The molecule has 0 aliphatic carbocycles. The van der Waals surface area contributed by atoms with Crippen LogP contribution in [0.5, 0.6) is 23.0 Å². The number of nitriles is 1. The largest absolute Gasteiger partial charge is 0.458 e. The van der Waals surface area contributed by atoms with E-state index >= 15 is 0 Å². The summed E-state index contributed by atoms with van der Waals surface area (Å²) < 4.78 is 20.3. The molecule has 0 amide bonds. The van der Waals surface area contributed by atoms with E-state index in [9.17, 15) is 5.26 Å². The molecule has 0 fully saturated rings. The molecular weight excluding hydrogens is 1410 g/mol. The highest BCUT2D eigenvalue weighted by Gasteiger charge is 2.48. The van der Waals surface area contributed by atoms with E-state index in [2.05, 4.69) is 440 Å². The van der Waals surface area contributed by atoms with E-state index in [0.29, 0.717) is 17.1 Å². The molecule has 112 heavy (non-hydrogen) atoms. The molecule has 2 aliphatic heterocycles. The van der Waals surface area contributed by atoms with Gasteiger partial charge < -0.3 is 18.6 Å². The Morgan fingerprint density at radius 1 is 0.232 bits per heavy atom. The molecule has 17 aromatic carbocycles. The summed E-state index contributed by atoms with van der Waals surface area (Å²) in [4.78, 5) is 0. The topological polar surface area (TPSA) is 52.1 Å². The van der Waals surface area contributed by atoms with Gasteiger partial charge in [-0.25, -0.2) is 0 Å². The number of rotatable bonds is 15. The van der Waals surface area contributed by atoms with Gasteiger partial charge in [0.1, 0.15) is 34.6 Å². The number of fused-ring (bicyclic) bond motifs is 10. The van der Waals surface area contributed by atoms with Crippen molar-refractivity contribution in [1.29, 1.82) is 5.26 Å². The van der Waals surface area contributed by atoms with Crippen molar-refractivity contribution < 1.29 is 9.47 Å². The van der Waals surface area contributed by atoms with Gasteiger partial charge in [-0.05, 0) is 145 Å². The zero-order valence-electron chi connectivity index (χ0n) is 61.2. The molecule has 0 atom stereocenters. The Labute approximate surface area is 654 Å². The van der Waals surface area contributed by atoms with Crippen molar-refractivity contribution in [3.05, 3.63) is 430 Å². The fraction of sp³-hybridized carbons (Fsp3) is 0. The zero-order chi connectivity index (χ0) is 74.3. The van der Waals surface area contributed by atoms with Gasteiger partial charge in [-0.2, -0.15) is 5.26 Å². The van der Waals surface area contributed by atoms with E-state index in [1.165, 1.54) is 62.2 Å². The van der Waals surface area contributed by atoms with Crippen molar-refractivity contribution in [2.45, 2.75) is 0 Å². The molecule has 9 heteroatoms. The summed E-state index contributed by atoms with van der Waals surface area (Å²) in [5.41, 5.74) is 10.9. The van der Waals surface area contributed by atoms with E-state index < -0.39 is 24.2 Å². The van der Waals surface area contributed by atoms with Crippen LogP contribution in [0, 0.1) is 11.3 Å². The minimum atomic E-state index is -3.08. The summed E-state index contributed by atoms with van der Waals surface area (Å²) in [6, 6.07) is 160. The second-order valence-corrected chi connectivity index (χ2v) is 41.0. The first-order chi connectivity index (χ1) is 55.5. The van der Waals surface area contributed by atoms with Crippen LogP contribution in [-0.4, -0.2) is 40.1 Å². The van der Waals surface area contributed by atoms with E-state index in [-0.39, 0.29) is 6.71 Å². The Balaban J connectivity index is 0.835. The number of hydrogen-bond donors (Lipinski definition) is 0. The van der Waals surface area contributed by atoms with Gasteiger partial charge in [-0.1, -0.05) is 364 Å². The molecule has 0 spiro atoms. The van der Waals surface area contributed by atoms with Crippen molar-refractivity contribution in [2.24, 2.45) is 0 Å². The molecule has 4 heterocycles. The van der Waals surface area contributed by atoms with Crippen LogP contribution in [0.1, 0.15) is 5.56 Å². The van der Waals surface area contributed by atoms with Crippen LogP contribution >= 0.6 is 0 Å². The third-order valence-electron chi connectivity index (χ3n) is 23.9. The van der Waals surface area contributed by atoms with Crippen molar-refractivity contribution in [2.75, 3.05) is 0 Å². The average molecular weight is 1480 g/mol. The minimum absolute atomic E-state index is 0.295. The van der Waals surface area contributed by atoms with E-state index in [0.717, 1.165) is 94.0 Å². The molecule has 0 N–H and O–H groups in total. The van der Waals surface area contributed by atoms with Crippen LogP contribution in [0.4, 0.5) is 0 Å². The number of ether oxygens (including phenoxy) is 2. The fourth-order valence-corrected chi connectivity index (χ4v) is 33.5. The van der Waals surface area contributed by atoms with Gasteiger partial charge in [0.2, 0.25) is 0 Å². The average Bonchev–Trinajstić information content (AvgIpc) is 1.16. The van der Waals surface area contributed by atoms with Gasteiger partial charge >= 0.3 is 0 Å². The van der Waals surface area contributed by atoms with E-state index in [4.69, 9.17) is 9.47 Å². The van der Waals surface area contributed by atoms with Crippen LogP contribution in [0.3, 0.4) is 0 Å². The Bertz CT molecular complexity index is 6340. The lowest BCUT2D eigenvalue weighted by atomic mass is 9.35. The molecule has 21 rings (SSSR count). The maximum absolute atomic E-state index is 12.4. The molecule has 5 nitrogen and oxygen atoms in total. The summed E-state index contributed by atoms with van der Waals surface area (Å²) in [6.45, 7) is -0.295. The van der Waals surface area contributed by atoms with Gasteiger partial charge in [0, 0.05) is 27.0 Å². The quantitative estimate of drug-likeness (QED) is 0.0759. The highest BCUT2D eigenvalue weighted by Crippen LogP contribution is 2.44. The van der Waals surface area contributed by atoms with Gasteiger partial charge in [-0.15, -0.1) is 0 Å². The third-order valence-corrected chi connectivity index (χ3v) is 38.2. The molecule has 2 aromatic heterocycles. The first kappa shape index (κ1) is 66.4. The Kier molecular flexibility index (Phi) is 16.0. The standard InChI is InChI=1S/C103H70BN3O2Si3/c105-71-90-97(106-93-55-31-28-52-86(93)87-53-29-32-56-94(87)106)64-72(65-98(90)107-95-57-33-30-54-88(95)89-68-83(60-63-96(89)107)110(74-34-10-1-11-35-74,75-36-12-2-13-37-75)76-38-14-3-15-39-76)73-66-101-103-102(67-73)109-100-70-85(112(80-46-22-7-23-47-80,81-48-24-8-25-49-81)82-50-26-9-27-51-82)59-62-92(100)104(103)91-61-58-84(69-99(91)108-101)111(77-40-16-4-17-41-77,78-42-18-5-19-43-78)79-44-20-6-21-45-79/h1-70H. The van der Waals surface area contributed by atoms with Crippen LogP contribution in [0.15, 0.2) is 425 Å². The predicted molar refractivity (Wildman–Crippen MR) is 474 cm³/mol. The van der Waals surface area contributed by atoms with Gasteiger partial charge in [0.25, 0.3) is 6.71 Å². The summed E-state index contributed by atoms with van der Waals surface area (Å²) in [7, 11) is -9.18. The first-order valence-electron chi connectivity index (χ1n) is 38.4. The maximum Gasteiger partial charge on any atom is 0.260 e. The number of aromatic nitrogens is 2. The smallest absolute Gasteiger partial charge is 0.260 e. The number of para-hydroxylation sites is 3. The SMILES string of the molecule is N#Cc1c(-n2c3ccccc3c3ccccc32)cc(-c2cc3c4c(c2)Oc2cc([Si](c5ccccc5)(c5ccccc5)c5ccccc5)ccc2B4c2ccc([Si](c4ccccc4)(c4ccccc4)c4ccccc4)cc2O3)cc1-n1c2ccccc2c2cc([Si](c3ccccc3)(c3ccccc3)c3ccccc3)ccc21. The first-order valence-corrected chi connectivity index (χ1v) is 44.4. The maximum atomic E-state index is 12.4. The van der Waals surface area contributed by atoms with Crippen molar-refractivity contribution in [3.8, 4) is 51.6 Å².